The van der Waals surface area contributed by atoms with Crippen molar-refractivity contribution in [2.24, 2.45) is 0 Å². The third-order valence-corrected chi connectivity index (χ3v) is 4.44. The standard InChI is InChI=1S/C15H16B2FN3O/c1-3-10-14(22)20-13-11(19-10)5-4-9(12(13)18)15(16,17)21-7-6-8(21)2/h4-5,8H,3,6-7H2,1-2H3,(H,20,22)/t8-/m1/s1. The Hall–Kier alpha value is -1.62. The van der Waals surface area contributed by atoms with Gasteiger partial charge in [0.05, 0.1) is 21.2 Å². The average Bonchev–Trinajstić information content (AvgIpc) is 2.45. The number of rotatable bonds is 3. The molecule has 1 N–H and O–H groups in total. The lowest BCUT2D eigenvalue weighted by atomic mass is 9.55. The van der Waals surface area contributed by atoms with Gasteiger partial charge in [0.15, 0.2) is 5.82 Å². The molecule has 4 nitrogen and oxygen atoms in total. The van der Waals surface area contributed by atoms with Gasteiger partial charge in [-0.05, 0) is 43.3 Å². The molecule has 0 unspecified atom stereocenters. The lowest BCUT2D eigenvalue weighted by Crippen LogP contribution is -2.59. The smallest absolute Gasteiger partial charge is 0.270 e. The Balaban J connectivity index is 2.16. The van der Waals surface area contributed by atoms with E-state index in [1.54, 1.807) is 12.1 Å². The lowest BCUT2D eigenvalue weighted by molar-refractivity contribution is 0.0655. The van der Waals surface area contributed by atoms with Crippen LogP contribution < -0.4 is 5.56 Å². The first kappa shape index (κ1) is 15.3. The van der Waals surface area contributed by atoms with Gasteiger partial charge >= 0.3 is 0 Å². The van der Waals surface area contributed by atoms with Crippen LogP contribution in [-0.2, 0) is 11.8 Å². The zero-order valence-corrected chi connectivity index (χ0v) is 12.7. The second-order valence-electron chi connectivity index (χ2n) is 5.84. The van der Waals surface area contributed by atoms with Gasteiger partial charge in [0.25, 0.3) is 5.56 Å². The number of fused-ring (bicyclic) bond motifs is 1. The summed E-state index contributed by atoms with van der Waals surface area (Å²) in [6.07, 6.45) is 1.46. The summed E-state index contributed by atoms with van der Waals surface area (Å²) in [5.41, 5.74) is 0.595. The van der Waals surface area contributed by atoms with Crippen molar-refractivity contribution in [2.45, 2.75) is 38.1 Å². The van der Waals surface area contributed by atoms with Gasteiger partial charge in [0, 0.05) is 6.04 Å². The van der Waals surface area contributed by atoms with E-state index in [-0.39, 0.29) is 22.7 Å². The first-order chi connectivity index (χ1) is 10.4. The number of aryl methyl sites for hydroxylation is 1. The van der Waals surface area contributed by atoms with Crippen molar-refractivity contribution >= 4 is 26.7 Å². The SMILES string of the molecule is [B]C([B])(c1ccc2nc(CC)c(=O)[nH]c2c1F)N1CC[C@H]1C. The fraction of sp³-hybridized carbons (Fsp3) is 0.467. The van der Waals surface area contributed by atoms with Crippen LogP contribution in [0.3, 0.4) is 0 Å². The summed E-state index contributed by atoms with van der Waals surface area (Å²) in [6, 6.07) is 3.39. The summed E-state index contributed by atoms with van der Waals surface area (Å²) in [4.78, 5) is 20.5. The van der Waals surface area contributed by atoms with E-state index in [4.69, 9.17) is 15.7 Å². The summed E-state index contributed by atoms with van der Waals surface area (Å²) >= 11 is 0. The Kier molecular flexibility index (Phi) is 3.63. The van der Waals surface area contributed by atoms with E-state index in [0.29, 0.717) is 17.6 Å². The number of hydrogen-bond acceptors (Lipinski definition) is 3. The van der Waals surface area contributed by atoms with Crippen LogP contribution in [-0.4, -0.2) is 43.1 Å². The highest BCUT2D eigenvalue weighted by Gasteiger charge is 2.38. The molecule has 1 saturated heterocycles. The number of H-pyrrole nitrogens is 1. The highest BCUT2D eigenvalue weighted by atomic mass is 19.1. The molecule has 7 heteroatoms. The van der Waals surface area contributed by atoms with Crippen molar-refractivity contribution in [2.75, 3.05) is 6.54 Å². The summed E-state index contributed by atoms with van der Waals surface area (Å²) in [5, 5.41) is -1.41. The maximum Gasteiger partial charge on any atom is 0.270 e. The molecule has 0 amide bonds. The second kappa shape index (κ2) is 5.23. The Labute approximate surface area is 130 Å². The van der Waals surface area contributed by atoms with Crippen LogP contribution >= 0.6 is 0 Å². The molecule has 1 fully saturated rings. The first-order valence-electron chi connectivity index (χ1n) is 7.42. The van der Waals surface area contributed by atoms with Crippen molar-refractivity contribution in [3.63, 3.8) is 0 Å². The summed E-state index contributed by atoms with van der Waals surface area (Å²) in [7, 11) is 12.3. The Bertz CT molecular complexity index is 790. The number of likely N-dealkylation sites (tertiary alicyclic amines) is 1. The van der Waals surface area contributed by atoms with E-state index in [9.17, 15) is 9.18 Å². The molecular weight excluding hydrogens is 279 g/mol. The third-order valence-electron chi connectivity index (χ3n) is 4.44. The summed E-state index contributed by atoms with van der Waals surface area (Å²) < 4.78 is 14.8. The van der Waals surface area contributed by atoms with Crippen LogP contribution in [0.1, 0.15) is 31.5 Å². The molecule has 0 saturated carbocycles. The minimum absolute atomic E-state index is 0.0492. The summed E-state index contributed by atoms with van der Waals surface area (Å²) in [6.45, 7) is 4.53. The van der Waals surface area contributed by atoms with E-state index in [2.05, 4.69) is 9.97 Å². The van der Waals surface area contributed by atoms with Gasteiger partial charge in [-0.3, -0.25) is 4.79 Å². The zero-order valence-electron chi connectivity index (χ0n) is 12.7. The second-order valence-corrected chi connectivity index (χ2v) is 5.84. The summed E-state index contributed by atoms with van der Waals surface area (Å²) in [5.74, 6) is -0.617. The van der Waals surface area contributed by atoms with Gasteiger partial charge in [-0.1, -0.05) is 13.0 Å². The molecule has 1 atom stereocenters. The molecule has 2 aromatic rings. The fourth-order valence-electron chi connectivity index (χ4n) is 2.93. The van der Waals surface area contributed by atoms with E-state index in [1.165, 1.54) is 0 Å². The minimum atomic E-state index is -1.41. The van der Waals surface area contributed by atoms with E-state index < -0.39 is 11.2 Å². The van der Waals surface area contributed by atoms with Gasteiger partial charge in [-0.15, -0.1) is 0 Å². The van der Waals surface area contributed by atoms with Crippen molar-refractivity contribution in [3.8, 4) is 0 Å². The number of nitrogens with one attached hydrogen (secondary N) is 1. The molecule has 22 heavy (non-hydrogen) atoms. The van der Waals surface area contributed by atoms with Crippen LogP contribution in [0.2, 0.25) is 0 Å². The molecule has 0 spiro atoms. The topological polar surface area (TPSA) is 49.0 Å². The number of hydrogen-bond donors (Lipinski definition) is 1. The predicted octanol–water partition coefficient (Wildman–Crippen LogP) is 1.17. The van der Waals surface area contributed by atoms with E-state index in [0.717, 1.165) is 13.0 Å². The predicted molar refractivity (Wildman–Crippen MR) is 85.7 cm³/mol. The molecule has 0 bridgehead atoms. The fourth-order valence-corrected chi connectivity index (χ4v) is 2.93. The molecule has 1 aliphatic rings. The minimum Gasteiger partial charge on any atom is -0.317 e. The van der Waals surface area contributed by atoms with E-state index >= 15 is 0 Å². The van der Waals surface area contributed by atoms with Crippen LogP contribution in [0.15, 0.2) is 16.9 Å². The molecule has 1 aromatic heterocycles. The maximum absolute atomic E-state index is 14.8. The molecule has 3 rings (SSSR count). The highest BCUT2D eigenvalue weighted by Crippen LogP contribution is 2.34. The van der Waals surface area contributed by atoms with Crippen molar-refractivity contribution in [1.29, 1.82) is 0 Å². The maximum atomic E-state index is 14.8. The number of halogens is 1. The molecule has 1 aliphatic heterocycles. The van der Waals surface area contributed by atoms with Gasteiger partial charge in [0.1, 0.15) is 11.2 Å². The molecule has 2 heterocycles. The first-order valence-corrected chi connectivity index (χ1v) is 7.42. The van der Waals surface area contributed by atoms with Crippen molar-refractivity contribution < 1.29 is 4.39 Å². The van der Waals surface area contributed by atoms with Gasteiger partial charge in [0.2, 0.25) is 0 Å². The highest BCUT2D eigenvalue weighted by molar-refractivity contribution is 6.39. The molecule has 1 aromatic carbocycles. The van der Waals surface area contributed by atoms with Crippen molar-refractivity contribution in [1.82, 2.24) is 14.9 Å². The number of benzene rings is 1. The molecule has 110 valence electrons. The monoisotopic (exact) mass is 295 g/mol. The number of aromatic nitrogens is 2. The van der Waals surface area contributed by atoms with Gasteiger partial charge in [-0.2, -0.15) is 0 Å². The Morgan fingerprint density at radius 3 is 2.77 bits per heavy atom. The Morgan fingerprint density at radius 2 is 2.23 bits per heavy atom. The van der Waals surface area contributed by atoms with Crippen LogP contribution in [0, 0.1) is 5.82 Å². The van der Waals surface area contributed by atoms with E-state index in [1.807, 2.05) is 18.7 Å². The van der Waals surface area contributed by atoms with Crippen LogP contribution in [0.5, 0.6) is 0 Å². The lowest BCUT2D eigenvalue weighted by Gasteiger charge is -2.51. The Morgan fingerprint density at radius 1 is 1.50 bits per heavy atom. The molecular formula is C15H16B2FN3O. The largest absolute Gasteiger partial charge is 0.317 e. The van der Waals surface area contributed by atoms with Crippen molar-refractivity contribution in [3.05, 3.63) is 39.6 Å². The quantitative estimate of drug-likeness (QED) is 0.865. The van der Waals surface area contributed by atoms with Crippen LogP contribution in [0.4, 0.5) is 4.39 Å². The number of nitrogens with zero attached hydrogens (tertiary/aromatic N) is 2. The number of aromatic amines is 1. The van der Waals surface area contributed by atoms with Gasteiger partial charge < -0.3 is 9.88 Å². The normalized spacial score (nSPS) is 19.3. The van der Waals surface area contributed by atoms with Gasteiger partial charge in [-0.25, -0.2) is 9.37 Å². The average molecular weight is 295 g/mol. The molecule has 4 radical (unpaired) electrons. The zero-order chi connectivity index (χ0) is 16.1. The third kappa shape index (κ3) is 2.19. The molecule has 0 aliphatic carbocycles. The van der Waals surface area contributed by atoms with Crippen LogP contribution in [0.25, 0.3) is 11.0 Å².